The Morgan fingerprint density at radius 2 is 1.76 bits per heavy atom. The number of para-hydroxylation sites is 1. The van der Waals surface area contributed by atoms with Crippen molar-refractivity contribution in [2.75, 3.05) is 0 Å². The first-order valence-electron chi connectivity index (χ1n) is 8.96. The van der Waals surface area contributed by atoms with Gasteiger partial charge in [-0.25, -0.2) is 9.67 Å². The largest absolute Gasteiger partial charge is 0.507 e. The molecule has 0 fully saturated rings. The smallest absolute Gasteiger partial charge is 0.163 e. The first kappa shape index (κ1) is 19.4. The number of aromatic hydroxyl groups is 1. The van der Waals surface area contributed by atoms with Crippen LogP contribution >= 0.6 is 27.5 Å². The molecule has 0 bridgehead atoms. The van der Waals surface area contributed by atoms with Crippen LogP contribution in [-0.2, 0) is 0 Å². The highest BCUT2D eigenvalue weighted by molar-refractivity contribution is 9.10. The number of phenols is 1. The van der Waals surface area contributed by atoms with E-state index in [-0.39, 0.29) is 5.75 Å². The van der Waals surface area contributed by atoms with Crippen LogP contribution in [0.1, 0.15) is 11.3 Å². The lowest BCUT2D eigenvalue weighted by atomic mass is 10.1. The zero-order chi connectivity index (χ0) is 20.4. The molecule has 0 radical (unpaired) electrons. The van der Waals surface area contributed by atoms with Crippen molar-refractivity contribution in [3.8, 4) is 22.6 Å². The van der Waals surface area contributed by atoms with E-state index in [1.54, 1.807) is 18.3 Å². The van der Waals surface area contributed by atoms with Crippen molar-refractivity contribution in [2.45, 2.75) is 6.92 Å². The van der Waals surface area contributed by atoms with E-state index in [0.29, 0.717) is 16.4 Å². The van der Waals surface area contributed by atoms with Gasteiger partial charge < -0.3 is 5.11 Å². The van der Waals surface area contributed by atoms with Crippen LogP contribution in [0.15, 0.2) is 82.3 Å². The summed E-state index contributed by atoms with van der Waals surface area (Å²) in [7, 11) is 0. The monoisotopic (exact) mass is 465 g/mol. The lowest BCUT2D eigenvalue weighted by Gasteiger charge is -2.07. The fourth-order valence-corrected chi connectivity index (χ4v) is 3.60. The van der Waals surface area contributed by atoms with Crippen LogP contribution < -0.4 is 0 Å². The van der Waals surface area contributed by atoms with E-state index in [1.165, 1.54) is 0 Å². The minimum Gasteiger partial charge on any atom is -0.507 e. The molecule has 0 saturated heterocycles. The molecule has 0 atom stereocenters. The standard InChI is InChI=1S/C23H17BrClN3O/c1-15-22(16-7-10-19(25)11-8-16)23(28(27-15)20-5-3-2-4-6-20)26-14-17-13-18(24)9-12-21(17)29/h2-14,29H,1H3/b26-14+. The molecule has 0 aliphatic carbocycles. The van der Waals surface area contributed by atoms with E-state index >= 15 is 0 Å². The van der Waals surface area contributed by atoms with Crippen molar-refractivity contribution in [3.05, 3.63) is 93.5 Å². The van der Waals surface area contributed by atoms with E-state index in [4.69, 9.17) is 21.7 Å². The summed E-state index contributed by atoms with van der Waals surface area (Å²) in [6, 6.07) is 22.7. The van der Waals surface area contributed by atoms with Gasteiger partial charge in [-0.3, -0.25) is 0 Å². The first-order valence-corrected chi connectivity index (χ1v) is 10.1. The van der Waals surface area contributed by atoms with Gasteiger partial charge in [-0.1, -0.05) is 57.9 Å². The molecule has 0 aliphatic rings. The predicted molar refractivity (Wildman–Crippen MR) is 122 cm³/mol. The summed E-state index contributed by atoms with van der Waals surface area (Å²) < 4.78 is 2.67. The third kappa shape index (κ3) is 4.11. The summed E-state index contributed by atoms with van der Waals surface area (Å²) in [4.78, 5) is 4.74. The molecule has 0 amide bonds. The molecular weight excluding hydrogens is 450 g/mol. The van der Waals surface area contributed by atoms with Crippen LogP contribution in [0.5, 0.6) is 5.75 Å². The molecule has 0 aliphatic heterocycles. The third-order valence-corrected chi connectivity index (χ3v) is 5.23. The molecule has 4 aromatic rings. The average molecular weight is 467 g/mol. The molecule has 29 heavy (non-hydrogen) atoms. The summed E-state index contributed by atoms with van der Waals surface area (Å²) in [5, 5.41) is 15.6. The van der Waals surface area contributed by atoms with Crippen LogP contribution in [0.2, 0.25) is 5.02 Å². The molecule has 0 unspecified atom stereocenters. The molecule has 1 heterocycles. The molecule has 0 saturated carbocycles. The molecular formula is C23H17BrClN3O. The molecule has 4 nitrogen and oxygen atoms in total. The number of benzene rings is 3. The van der Waals surface area contributed by atoms with Crippen LogP contribution in [0, 0.1) is 6.92 Å². The van der Waals surface area contributed by atoms with Gasteiger partial charge in [0.2, 0.25) is 0 Å². The van der Waals surface area contributed by atoms with Crippen LogP contribution in [-0.4, -0.2) is 21.1 Å². The Labute approximate surface area is 182 Å². The van der Waals surface area contributed by atoms with E-state index < -0.39 is 0 Å². The van der Waals surface area contributed by atoms with Crippen molar-refractivity contribution < 1.29 is 5.11 Å². The Bertz CT molecular complexity index is 1180. The van der Waals surface area contributed by atoms with Gasteiger partial charge in [0.15, 0.2) is 5.82 Å². The van der Waals surface area contributed by atoms with E-state index in [2.05, 4.69) is 15.9 Å². The zero-order valence-corrected chi connectivity index (χ0v) is 17.9. The van der Waals surface area contributed by atoms with Gasteiger partial charge in [-0.15, -0.1) is 0 Å². The number of nitrogens with zero attached hydrogens (tertiary/aromatic N) is 3. The molecule has 3 aromatic carbocycles. The van der Waals surface area contributed by atoms with Crippen LogP contribution in [0.3, 0.4) is 0 Å². The van der Waals surface area contributed by atoms with Gasteiger partial charge in [0.1, 0.15) is 5.75 Å². The summed E-state index contributed by atoms with van der Waals surface area (Å²) in [5.74, 6) is 0.836. The van der Waals surface area contributed by atoms with Gasteiger partial charge in [0, 0.05) is 26.8 Å². The number of rotatable bonds is 4. The highest BCUT2D eigenvalue weighted by Gasteiger charge is 2.17. The second kappa shape index (κ2) is 8.23. The molecule has 1 aromatic heterocycles. The second-order valence-corrected chi connectivity index (χ2v) is 7.85. The van der Waals surface area contributed by atoms with Gasteiger partial charge in [-0.2, -0.15) is 5.10 Å². The van der Waals surface area contributed by atoms with Gasteiger partial charge in [0.05, 0.1) is 11.4 Å². The third-order valence-electron chi connectivity index (χ3n) is 4.49. The molecule has 1 N–H and O–H groups in total. The molecule has 144 valence electrons. The number of aliphatic imine (C=N–C) groups is 1. The number of aromatic nitrogens is 2. The van der Waals surface area contributed by atoms with E-state index in [9.17, 15) is 5.11 Å². The molecule has 6 heteroatoms. The number of aryl methyl sites for hydroxylation is 1. The van der Waals surface area contributed by atoms with Crippen LogP contribution in [0.4, 0.5) is 5.82 Å². The Balaban J connectivity index is 1.90. The normalized spacial score (nSPS) is 11.3. The number of hydrogen-bond acceptors (Lipinski definition) is 3. The lowest BCUT2D eigenvalue weighted by molar-refractivity contribution is 0.474. The highest BCUT2D eigenvalue weighted by atomic mass is 79.9. The summed E-state index contributed by atoms with van der Waals surface area (Å²) >= 11 is 9.50. The van der Waals surface area contributed by atoms with Gasteiger partial charge in [0.25, 0.3) is 0 Å². The van der Waals surface area contributed by atoms with Gasteiger partial charge in [-0.05, 0) is 55.0 Å². The topological polar surface area (TPSA) is 50.4 Å². The second-order valence-electron chi connectivity index (χ2n) is 6.50. The van der Waals surface area contributed by atoms with E-state index in [0.717, 1.165) is 27.0 Å². The van der Waals surface area contributed by atoms with Crippen molar-refractivity contribution in [3.63, 3.8) is 0 Å². The number of halogens is 2. The first-order chi connectivity index (χ1) is 14.0. The average Bonchev–Trinajstić information content (AvgIpc) is 3.06. The Morgan fingerprint density at radius 3 is 2.48 bits per heavy atom. The van der Waals surface area contributed by atoms with Crippen molar-refractivity contribution in [2.24, 2.45) is 4.99 Å². The van der Waals surface area contributed by atoms with Gasteiger partial charge >= 0.3 is 0 Å². The highest BCUT2D eigenvalue weighted by Crippen LogP contribution is 2.36. The predicted octanol–water partition coefficient (Wildman–Crippen LogP) is 6.72. The van der Waals surface area contributed by atoms with E-state index in [1.807, 2.05) is 72.3 Å². The fraction of sp³-hybridized carbons (Fsp3) is 0.0435. The summed E-state index contributed by atoms with van der Waals surface area (Å²) in [6.45, 7) is 1.96. The maximum atomic E-state index is 10.2. The summed E-state index contributed by atoms with van der Waals surface area (Å²) in [5.41, 5.74) is 4.25. The van der Waals surface area contributed by atoms with Crippen LogP contribution in [0.25, 0.3) is 16.8 Å². The maximum Gasteiger partial charge on any atom is 0.163 e. The number of hydrogen-bond donors (Lipinski definition) is 1. The lowest BCUT2D eigenvalue weighted by Crippen LogP contribution is -1.96. The minimum absolute atomic E-state index is 0.160. The quantitative estimate of drug-likeness (QED) is 0.339. The molecule has 4 rings (SSSR count). The number of phenolic OH excluding ortho intramolecular Hbond substituents is 1. The molecule has 0 spiro atoms. The van der Waals surface area contributed by atoms with Crippen molar-refractivity contribution >= 4 is 39.6 Å². The summed E-state index contributed by atoms with van der Waals surface area (Å²) in [6.07, 6.45) is 1.65. The van der Waals surface area contributed by atoms with Crippen molar-refractivity contribution in [1.29, 1.82) is 0 Å². The minimum atomic E-state index is 0.160. The Hall–Kier alpha value is -2.89. The van der Waals surface area contributed by atoms with Crippen molar-refractivity contribution in [1.82, 2.24) is 9.78 Å². The SMILES string of the molecule is Cc1nn(-c2ccccc2)c(/N=C/c2cc(Br)ccc2O)c1-c1ccc(Cl)cc1. The Kier molecular flexibility index (Phi) is 5.51. The Morgan fingerprint density at radius 1 is 1.03 bits per heavy atom. The zero-order valence-electron chi connectivity index (χ0n) is 15.6. The fourth-order valence-electron chi connectivity index (χ4n) is 3.10. The maximum absolute atomic E-state index is 10.2.